The van der Waals surface area contributed by atoms with Crippen LogP contribution < -0.4 is 0 Å². The molecule has 1 aromatic carbocycles. The molecule has 2 fully saturated rings. The van der Waals surface area contributed by atoms with Gasteiger partial charge in [-0.25, -0.2) is 4.39 Å². The van der Waals surface area contributed by atoms with E-state index in [2.05, 4.69) is 0 Å². The van der Waals surface area contributed by atoms with Crippen molar-refractivity contribution in [3.8, 4) is 0 Å². The smallest absolute Gasteiger partial charge is 0.227 e. The largest absolute Gasteiger partial charge is 0.345 e. The van der Waals surface area contributed by atoms with E-state index in [-0.39, 0.29) is 34.9 Å². The van der Waals surface area contributed by atoms with Crippen molar-refractivity contribution < 1.29 is 14.0 Å². The van der Waals surface area contributed by atoms with Gasteiger partial charge in [0.25, 0.3) is 0 Å². The second-order valence-electron chi connectivity index (χ2n) is 7.01. The molecule has 6 heteroatoms. The third-order valence-electron chi connectivity index (χ3n) is 5.52. The molecule has 3 rings (SSSR count). The summed E-state index contributed by atoms with van der Waals surface area (Å²) in [5.41, 5.74) is 0.251. The number of hydrogen-bond donors (Lipinski definition) is 0. The van der Waals surface area contributed by atoms with Gasteiger partial charge in [-0.3, -0.25) is 9.59 Å². The lowest BCUT2D eigenvalue weighted by Crippen LogP contribution is -2.40. The lowest BCUT2D eigenvalue weighted by Gasteiger charge is -2.31. The van der Waals surface area contributed by atoms with Crippen LogP contribution in [0.4, 0.5) is 4.39 Å². The number of carbonyl (C=O) groups is 2. The number of likely N-dealkylation sites (tertiary alicyclic amines) is 1. The number of piperidine rings is 1. The Labute approximate surface area is 146 Å². The summed E-state index contributed by atoms with van der Waals surface area (Å²) in [4.78, 5) is 27.9. The molecule has 2 amide bonds. The maximum atomic E-state index is 13.9. The zero-order valence-corrected chi connectivity index (χ0v) is 14.7. The molecule has 1 heterocycles. The van der Waals surface area contributed by atoms with Crippen molar-refractivity contribution in [1.29, 1.82) is 0 Å². The Morgan fingerprint density at radius 2 is 2.08 bits per heavy atom. The van der Waals surface area contributed by atoms with Crippen molar-refractivity contribution in [2.75, 3.05) is 20.6 Å². The number of amides is 2. The van der Waals surface area contributed by atoms with Crippen LogP contribution >= 0.6 is 11.6 Å². The number of halogens is 2. The number of nitrogens with zero attached hydrogens (tertiary/aromatic N) is 2. The monoisotopic (exact) mass is 352 g/mol. The van der Waals surface area contributed by atoms with Crippen molar-refractivity contribution in [2.45, 2.75) is 31.7 Å². The average molecular weight is 353 g/mol. The number of hydrogen-bond acceptors (Lipinski definition) is 2. The van der Waals surface area contributed by atoms with Crippen LogP contribution in [0.1, 0.15) is 24.8 Å². The highest BCUT2D eigenvalue weighted by Crippen LogP contribution is 2.40. The fraction of sp³-hybridized carbons (Fsp3) is 0.556. The number of fused-ring (bicyclic) bond motifs is 1. The van der Waals surface area contributed by atoms with Gasteiger partial charge in [0.05, 0.1) is 6.42 Å². The average Bonchev–Trinajstić information content (AvgIpc) is 2.93. The van der Waals surface area contributed by atoms with Crippen molar-refractivity contribution in [2.24, 2.45) is 11.8 Å². The minimum absolute atomic E-state index is 0.0350. The summed E-state index contributed by atoms with van der Waals surface area (Å²) in [6.45, 7) is 0.765. The summed E-state index contributed by atoms with van der Waals surface area (Å²) in [6, 6.07) is 4.56. The minimum atomic E-state index is -0.448. The van der Waals surface area contributed by atoms with E-state index in [0.717, 1.165) is 19.4 Å². The summed E-state index contributed by atoms with van der Waals surface area (Å²) in [7, 11) is 3.60. The van der Waals surface area contributed by atoms with E-state index in [1.807, 2.05) is 7.05 Å². The first-order chi connectivity index (χ1) is 11.4. The van der Waals surface area contributed by atoms with Crippen molar-refractivity contribution in [3.05, 3.63) is 34.6 Å². The summed E-state index contributed by atoms with van der Waals surface area (Å²) in [5, 5.41) is 0.282. The number of rotatable bonds is 3. The standard InChI is InChI=1S/C18H22ClFN2O2/c1-21-10-12-7-13(6-11(12)8-17(21)23)22(2)18(24)9-14-15(19)4-3-5-16(14)20/h3-5,11-13H,6-10H2,1-2H3/t11-,12+,13-/m1/s1. The van der Waals surface area contributed by atoms with Crippen LogP contribution in [0.5, 0.6) is 0 Å². The molecule has 1 saturated heterocycles. The van der Waals surface area contributed by atoms with E-state index in [9.17, 15) is 14.0 Å². The SMILES string of the molecule is CN1C[C@@H]2C[C@H](N(C)C(=O)Cc3c(F)cccc3Cl)C[C@@H]2CC1=O. The van der Waals surface area contributed by atoms with Crippen molar-refractivity contribution in [1.82, 2.24) is 9.80 Å². The molecular formula is C18H22ClFN2O2. The quantitative estimate of drug-likeness (QED) is 0.839. The Morgan fingerprint density at radius 1 is 1.38 bits per heavy atom. The van der Waals surface area contributed by atoms with Crippen LogP contribution in [-0.4, -0.2) is 48.3 Å². The number of likely N-dealkylation sites (N-methyl/N-ethyl adjacent to an activating group) is 1. The van der Waals surface area contributed by atoms with Crippen LogP contribution in [0.3, 0.4) is 0 Å². The maximum absolute atomic E-state index is 13.9. The van der Waals surface area contributed by atoms with Crippen molar-refractivity contribution in [3.63, 3.8) is 0 Å². The highest BCUT2D eigenvalue weighted by molar-refractivity contribution is 6.31. The third-order valence-corrected chi connectivity index (χ3v) is 5.87. The van der Waals surface area contributed by atoms with E-state index < -0.39 is 5.82 Å². The second kappa shape index (κ2) is 6.71. The molecule has 0 bridgehead atoms. The van der Waals surface area contributed by atoms with Gasteiger partial charge in [-0.2, -0.15) is 0 Å². The summed E-state index contributed by atoms with van der Waals surface area (Å²) < 4.78 is 13.9. The van der Waals surface area contributed by atoms with Crippen LogP contribution in [0.25, 0.3) is 0 Å². The predicted octanol–water partition coefficient (Wildman–Crippen LogP) is 2.74. The first-order valence-electron chi connectivity index (χ1n) is 8.29. The van der Waals surface area contributed by atoms with Crippen LogP contribution in [-0.2, 0) is 16.0 Å². The Kier molecular flexibility index (Phi) is 4.81. The van der Waals surface area contributed by atoms with Crippen LogP contribution in [0, 0.1) is 17.7 Å². The normalized spacial score (nSPS) is 26.4. The molecule has 3 atom stereocenters. The predicted molar refractivity (Wildman–Crippen MR) is 90.1 cm³/mol. The summed E-state index contributed by atoms with van der Waals surface area (Å²) in [5.74, 6) is 0.405. The molecule has 0 spiro atoms. The fourth-order valence-electron chi connectivity index (χ4n) is 3.98. The third kappa shape index (κ3) is 3.27. The highest BCUT2D eigenvalue weighted by Gasteiger charge is 2.42. The Hall–Kier alpha value is -1.62. The fourth-order valence-corrected chi connectivity index (χ4v) is 4.21. The number of benzene rings is 1. The molecule has 24 heavy (non-hydrogen) atoms. The molecule has 4 nitrogen and oxygen atoms in total. The minimum Gasteiger partial charge on any atom is -0.345 e. The second-order valence-corrected chi connectivity index (χ2v) is 7.41. The zero-order valence-electron chi connectivity index (χ0n) is 14.0. The van der Waals surface area contributed by atoms with Gasteiger partial charge in [0.15, 0.2) is 0 Å². The van der Waals surface area contributed by atoms with Gasteiger partial charge in [-0.1, -0.05) is 17.7 Å². The van der Waals surface area contributed by atoms with Gasteiger partial charge in [-0.15, -0.1) is 0 Å². The Balaban J connectivity index is 1.66. The van der Waals surface area contributed by atoms with Gasteiger partial charge in [-0.05, 0) is 36.8 Å². The van der Waals surface area contributed by atoms with Gasteiger partial charge in [0.2, 0.25) is 11.8 Å². The summed E-state index contributed by atoms with van der Waals surface area (Å²) >= 11 is 6.02. The lowest BCUT2D eigenvalue weighted by molar-refractivity contribution is -0.135. The highest BCUT2D eigenvalue weighted by atomic mass is 35.5. The topological polar surface area (TPSA) is 40.6 Å². The van der Waals surface area contributed by atoms with E-state index >= 15 is 0 Å². The first kappa shape index (κ1) is 17.2. The van der Waals surface area contributed by atoms with E-state index in [1.54, 1.807) is 22.9 Å². The molecular weight excluding hydrogens is 331 g/mol. The van der Waals surface area contributed by atoms with Gasteiger partial charge in [0, 0.05) is 43.7 Å². The molecule has 0 unspecified atom stereocenters. The first-order valence-corrected chi connectivity index (χ1v) is 8.67. The molecule has 1 aliphatic carbocycles. The summed E-state index contributed by atoms with van der Waals surface area (Å²) in [6.07, 6.45) is 2.28. The van der Waals surface area contributed by atoms with E-state index in [4.69, 9.17) is 11.6 Å². The van der Waals surface area contributed by atoms with E-state index in [1.165, 1.54) is 12.1 Å². The molecule has 1 aromatic rings. The molecule has 1 aliphatic heterocycles. The molecule has 0 radical (unpaired) electrons. The van der Waals surface area contributed by atoms with Crippen molar-refractivity contribution >= 4 is 23.4 Å². The van der Waals surface area contributed by atoms with E-state index in [0.29, 0.717) is 18.3 Å². The zero-order chi connectivity index (χ0) is 17.4. The lowest BCUT2D eigenvalue weighted by atomic mass is 9.88. The van der Waals surface area contributed by atoms with Crippen LogP contribution in [0.2, 0.25) is 5.02 Å². The Morgan fingerprint density at radius 3 is 2.79 bits per heavy atom. The molecule has 0 aromatic heterocycles. The van der Waals surface area contributed by atoms with Gasteiger partial charge < -0.3 is 9.80 Å². The van der Waals surface area contributed by atoms with Gasteiger partial charge >= 0.3 is 0 Å². The molecule has 1 saturated carbocycles. The Bertz CT molecular complexity index is 646. The molecule has 130 valence electrons. The van der Waals surface area contributed by atoms with Gasteiger partial charge in [0.1, 0.15) is 5.82 Å². The maximum Gasteiger partial charge on any atom is 0.227 e. The van der Waals surface area contributed by atoms with Crippen LogP contribution in [0.15, 0.2) is 18.2 Å². The molecule has 0 N–H and O–H groups in total. The number of carbonyl (C=O) groups excluding carboxylic acids is 2. The molecule has 2 aliphatic rings.